The quantitative estimate of drug-likeness (QED) is 0.203. The molecule has 0 radical (unpaired) electrons. The zero-order chi connectivity index (χ0) is 16.4. The molecule has 0 rings (SSSR count). The Balaban J connectivity index is -0.000000520. The van der Waals surface area contributed by atoms with E-state index in [0.29, 0.717) is 0 Å². The molecular weight excluding hydrogens is 326 g/mol. The van der Waals surface area contributed by atoms with Gasteiger partial charge in [0.25, 0.3) is 0 Å². The molecule has 6 heteroatoms. The van der Waals surface area contributed by atoms with Gasteiger partial charge in [-0.3, -0.25) is 0 Å². The van der Waals surface area contributed by atoms with Gasteiger partial charge in [0.1, 0.15) is 0 Å². The second-order valence-corrected chi connectivity index (χ2v) is 6.64. The van der Waals surface area contributed by atoms with Crippen molar-refractivity contribution < 1.29 is 70.6 Å². The molecule has 0 unspecified atom stereocenters. The topological polar surface area (TPSA) is 77.8 Å². The second-order valence-electron chi connectivity index (χ2n) is 5.61. The van der Waals surface area contributed by atoms with Gasteiger partial charge >= 0.3 is 59.2 Å². The molecule has 0 bridgehead atoms. The van der Waals surface area contributed by atoms with Crippen molar-refractivity contribution >= 4 is 7.82 Å². The van der Waals surface area contributed by atoms with E-state index >= 15 is 0 Å². The molecular formula is C16H36KO4P. The Morgan fingerprint density at radius 2 is 0.909 bits per heavy atom. The Hall–Kier alpha value is 1.75. The molecule has 0 aromatic heterocycles. The summed E-state index contributed by atoms with van der Waals surface area (Å²) in [6.07, 6.45) is 19.8. The van der Waals surface area contributed by atoms with Crippen molar-refractivity contribution in [1.82, 2.24) is 0 Å². The van der Waals surface area contributed by atoms with E-state index < -0.39 is 7.82 Å². The average Bonchev–Trinajstić information content (AvgIpc) is 2.38. The first kappa shape index (κ1) is 28.5. The number of rotatable bonds is 13. The first-order valence-corrected chi connectivity index (χ1v) is 10.1. The van der Waals surface area contributed by atoms with Crippen LogP contribution in [0.1, 0.15) is 96.8 Å². The molecule has 0 aliphatic carbocycles. The van der Waals surface area contributed by atoms with Crippen molar-refractivity contribution in [3.8, 4) is 0 Å². The predicted octanol–water partition coefficient (Wildman–Crippen LogP) is 2.38. The summed E-state index contributed by atoms with van der Waals surface area (Å²) in [5.41, 5.74) is 0. The van der Waals surface area contributed by atoms with Gasteiger partial charge in [-0.1, -0.05) is 90.4 Å². The normalized spacial score (nSPS) is 10.6. The summed E-state index contributed by atoms with van der Waals surface area (Å²) in [6, 6.07) is 0. The Labute approximate surface area is 180 Å². The fourth-order valence-corrected chi connectivity index (χ4v) is 2.19. The first-order chi connectivity index (χ1) is 9.91. The second kappa shape index (κ2) is 22.7. The van der Waals surface area contributed by atoms with Crippen LogP contribution in [0.2, 0.25) is 0 Å². The maximum absolute atomic E-state index is 8.88. The van der Waals surface area contributed by atoms with E-state index in [0.717, 1.165) is 6.42 Å². The third-order valence-electron chi connectivity index (χ3n) is 3.35. The fourth-order valence-electron chi connectivity index (χ4n) is 2.19. The van der Waals surface area contributed by atoms with Crippen molar-refractivity contribution in [3.05, 3.63) is 6.92 Å². The van der Waals surface area contributed by atoms with Crippen molar-refractivity contribution in [1.29, 1.82) is 0 Å². The van der Waals surface area contributed by atoms with Gasteiger partial charge in [0.05, 0.1) is 0 Å². The number of phosphoric acid groups is 1. The summed E-state index contributed by atoms with van der Waals surface area (Å²) in [5, 5.41) is 0. The monoisotopic (exact) mass is 362 g/mol. The molecule has 22 heavy (non-hydrogen) atoms. The predicted molar refractivity (Wildman–Crippen MR) is 89.9 cm³/mol. The maximum Gasteiger partial charge on any atom is 1.00 e. The first-order valence-electron chi connectivity index (χ1n) is 8.49. The molecule has 0 spiro atoms. The van der Waals surface area contributed by atoms with Crippen LogP contribution in [0.5, 0.6) is 0 Å². The molecule has 0 aromatic carbocycles. The third-order valence-corrected chi connectivity index (χ3v) is 3.35. The molecule has 130 valence electrons. The van der Waals surface area contributed by atoms with E-state index in [1.54, 1.807) is 0 Å². The Bertz CT molecular complexity index is 212. The molecule has 0 heterocycles. The van der Waals surface area contributed by atoms with Crippen molar-refractivity contribution in [2.45, 2.75) is 96.8 Å². The van der Waals surface area contributed by atoms with Gasteiger partial charge in [-0.05, 0) is 0 Å². The maximum atomic E-state index is 8.88. The standard InChI is InChI=1S/C16H33.K.H3O4P/c1-3-5-7-9-11-13-15-16-14-12-10-8-6-4-2;;1-5(2,3)4/h1,3-16H2,2H3;;(H3,1,2,3,4)/q-1;+1;. The Kier molecular flexibility index (Phi) is 29.5. The molecule has 0 fully saturated rings. The van der Waals surface area contributed by atoms with Crippen LogP contribution < -0.4 is 51.4 Å². The van der Waals surface area contributed by atoms with Gasteiger partial charge in [0.2, 0.25) is 0 Å². The van der Waals surface area contributed by atoms with Crippen LogP contribution in [0.25, 0.3) is 0 Å². The molecule has 0 saturated heterocycles. The van der Waals surface area contributed by atoms with E-state index in [1.807, 2.05) is 0 Å². The summed E-state index contributed by atoms with van der Waals surface area (Å²) in [4.78, 5) is 21.6. The number of hydrogen-bond acceptors (Lipinski definition) is 1. The van der Waals surface area contributed by atoms with Crippen LogP contribution in [0.3, 0.4) is 0 Å². The third kappa shape index (κ3) is 43.0. The largest absolute Gasteiger partial charge is 1.00 e. The molecule has 4 nitrogen and oxygen atoms in total. The van der Waals surface area contributed by atoms with Crippen LogP contribution >= 0.6 is 7.82 Å². The van der Waals surface area contributed by atoms with Gasteiger partial charge in [0, 0.05) is 0 Å². The number of hydrogen-bond donors (Lipinski definition) is 3. The van der Waals surface area contributed by atoms with E-state index in [1.165, 1.54) is 83.5 Å². The van der Waals surface area contributed by atoms with Crippen molar-refractivity contribution in [3.63, 3.8) is 0 Å². The minimum absolute atomic E-state index is 0. The van der Waals surface area contributed by atoms with E-state index in [4.69, 9.17) is 19.2 Å². The summed E-state index contributed by atoms with van der Waals surface area (Å²) < 4.78 is 8.88. The molecule has 0 saturated carbocycles. The molecule has 0 amide bonds. The van der Waals surface area contributed by atoms with Gasteiger partial charge < -0.3 is 21.6 Å². The summed E-state index contributed by atoms with van der Waals surface area (Å²) in [5.74, 6) is 0. The van der Waals surface area contributed by atoms with Crippen LogP contribution in [0.4, 0.5) is 0 Å². The van der Waals surface area contributed by atoms with E-state index in [2.05, 4.69) is 13.8 Å². The van der Waals surface area contributed by atoms with Gasteiger partial charge in [-0.2, -0.15) is 6.42 Å². The Morgan fingerprint density at radius 3 is 1.14 bits per heavy atom. The smallest absolute Gasteiger partial charge is 0.343 e. The van der Waals surface area contributed by atoms with Crippen LogP contribution in [-0.4, -0.2) is 14.7 Å². The van der Waals surface area contributed by atoms with Crippen LogP contribution in [-0.2, 0) is 4.57 Å². The van der Waals surface area contributed by atoms with Gasteiger partial charge in [-0.25, -0.2) is 4.57 Å². The summed E-state index contributed by atoms with van der Waals surface area (Å²) in [6.45, 7) is 6.16. The summed E-state index contributed by atoms with van der Waals surface area (Å²) >= 11 is 0. The molecule has 3 N–H and O–H groups in total. The minimum Gasteiger partial charge on any atom is -0.343 e. The molecule has 0 aromatic rings. The molecule has 0 aliphatic rings. The van der Waals surface area contributed by atoms with Crippen molar-refractivity contribution in [2.24, 2.45) is 0 Å². The van der Waals surface area contributed by atoms with Gasteiger partial charge in [-0.15, -0.1) is 0 Å². The van der Waals surface area contributed by atoms with E-state index in [9.17, 15) is 0 Å². The van der Waals surface area contributed by atoms with E-state index in [-0.39, 0.29) is 51.4 Å². The van der Waals surface area contributed by atoms with Gasteiger partial charge in [0.15, 0.2) is 0 Å². The molecule has 0 atom stereocenters. The zero-order valence-electron chi connectivity index (χ0n) is 14.8. The summed E-state index contributed by atoms with van der Waals surface area (Å²) in [7, 11) is -4.64. The Morgan fingerprint density at radius 1 is 0.682 bits per heavy atom. The fraction of sp³-hybridized carbons (Fsp3) is 0.938. The number of unbranched alkanes of at least 4 members (excludes halogenated alkanes) is 13. The van der Waals surface area contributed by atoms with Crippen LogP contribution in [0, 0.1) is 6.92 Å². The zero-order valence-corrected chi connectivity index (χ0v) is 18.8. The average molecular weight is 363 g/mol. The van der Waals surface area contributed by atoms with Crippen LogP contribution in [0.15, 0.2) is 0 Å². The minimum atomic E-state index is -4.64. The van der Waals surface area contributed by atoms with Crippen molar-refractivity contribution in [2.75, 3.05) is 0 Å². The SMILES string of the molecule is O=P(O)(O)O.[CH2-]CCCCCCCCCCCCCCC.[K+]. The molecule has 0 aliphatic heterocycles.